The van der Waals surface area contributed by atoms with Gasteiger partial charge in [-0.25, -0.2) is 19.0 Å². The van der Waals surface area contributed by atoms with Gasteiger partial charge in [-0.2, -0.15) is 5.10 Å². The van der Waals surface area contributed by atoms with Crippen molar-refractivity contribution in [2.24, 2.45) is 0 Å². The number of nitrogens with one attached hydrogen (secondary N) is 1. The van der Waals surface area contributed by atoms with Crippen LogP contribution in [0.5, 0.6) is 0 Å². The van der Waals surface area contributed by atoms with E-state index in [9.17, 15) is 4.39 Å². The first-order valence-corrected chi connectivity index (χ1v) is 8.04. The Morgan fingerprint density at radius 1 is 1.29 bits per heavy atom. The highest BCUT2D eigenvalue weighted by molar-refractivity contribution is 5.87. The van der Waals surface area contributed by atoms with Gasteiger partial charge in [0.15, 0.2) is 5.65 Å². The maximum Gasteiger partial charge on any atom is 0.168 e. The third kappa shape index (κ3) is 2.82. The van der Waals surface area contributed by atoms with Gasteiger partial charge in [-0.15, -0.1) is 0 Å². The van der Waals surface area contributed by atoms with Crippen molar-refractivity contribution in [3.05, 3.63) is 42.1 Å². The van der Waals surface area contributed by atoms with Crippen molar-refractivity contribution in [3.8, 4) is 5.69 Å². The van der Waals surface area contributed by atoms with Crippen molar-refractivity contribution in [1.82, 2.24) is 19.7 Å². The molecule has 1 unspecified atom stereocenters. The molecule has 2 aromatic heterocycles. The summed E-state index contributed by atoms with van der Waals surface area (Å²) >= 11 is 0. The average Bonchev–Trinajstić information content (AvgIpc) is 3.23. The zero-order valence-electron chi connectivity index (χ0n) is 13.4. The lowest BCUT2D eigenvalue weighted by Gasteiger charge is -2.12. The van der Waals surface area contributed by atoms with Crippen LogP contribution in [0.1, 0.15) is 18.7 Å². The second-order valence-corrected chi connectivity index (χ2v) is 5.91. The fraction of sp³-hybridized carbons (Fsp3) is 0.353. The summed E-state index contributed by atoms with van der Waals surface area (Å²) in [4.78, 5) is 8.99. The highest BCUT2D eigenvalue weighted by Crippen LogP contribution is 2.23. The first-order chi connectivity index (χ1) is 11.7. The van der Waals surface area contributed by atoms with Gasteiger partial charge in [-0.1, -0.05) is 0 Å². The molecule has 0 spiro atoms. The molecule has 7 heteroatoms. The Labute approximate surface area is 138 Å². The molecule has 1 aliphatic heterocycles. The van der Waals surface area contributed by atoms with E-state index in [1.165, 1.54) is 12.1 Å². The van der Waals surface area contributed by atoms with E-state index in [2.05, 4.69) is 20.4 Å². The van der Waals surface area contributed by atoms with Crippen LogP contribution < -0.4 is 5.32 Å². The fourth-order valence-electron chi connectivity index (χ4n) is 2.94. The van der Waals surface area contributed by atoms with Crippen molar-refractivity contribution in [3.63, 3.8) is 0 Å². The molecule has 1 saturated heterocycles. The Morgan fingerprint density at radius 2 is 2.12 bits per heavy atom. The Bertz CT molecular complexity index is 855. The molecule has 24 heavy (non-hydrogen) atoms. The predicted molar refractivity (Wildman–Crippen MR) is 88.8 cm³/mol. The van der Waals surface area contributed by atoms with Crippen molar-refractivity contribution >= 4 is 16.9 Å². The van der Waals surface area contributed by atoms with Crippen molar-refractivity contribution < 1.29 is 9.13 Å². The molecular weight excluding hydrogens is 309 g/mol. The molecular formula is C17H18FN5O. The van der Waals surface area contributed by atoms with E-state index < -0.39 is 0 Å². The lowest BCUT2D eigenvalue weighted by atomic mass is 10.2. The van der Waals surface area contributed by atoms with Gasteiger partial charge in [-0.05, 0) is 44.0 Å². The van der Waals surface area contributed by atoms with Crippen LogP contribution in [0, 0.1) is 12.7 Å². The maximum atomic E-state index is 13.1. The Kier molecular flexibility index (Phi) is 3.86. The largest absolute Gasteiger partial charge is 0.376 e. The van der Waals surface area contributed by atoms with Crippen molar-refractivity contribution in [1.29, 1.82) is 0 Å². The number of hydrogen-bond acceptors (Lipinski definition) is 5. The van der Waals surface area contributed by atoms with Crippen LogP contribution in [0.15, 0.2) is 30.5 Å². The summed E-state index contributed by atoms with van der Waals surface area (Å²) in [7, 11) is 0. The lowest BCUT2D eigenvalue weighted by Crippen LogP contribution is -2.19. The van der Waals surface area contributed by atoms with Crippen LogP contribution in [0.3, 0.4) is 0 Å². The zero-order chi connectivity index (χ0) is 16.5. The van der Waals surface area contributed by atoms with Gasteiger partial charge in [0.1, 0.15) is 17.5 Å². The van der Waals surface area contributed by atoms with Crippen LogP contribution in [-0.4, -0.2) is 39.0 Å². The van der Waals surface area contributed by atoms with Crippen LogP contribution in [0.25, 0.3) is 16.7 Å². The van der Waals surface area contributed by atoms with E-state index in [4.69, 9.17) is 4.74 Å². The predicted octanol–water partition coefficient (Wildman–Crippen LogP) is 2.85. The molecule has 0 aliphatic carbocycles. The second kappa shape index (κ2) is 6.16. The first kappa shape index (κ1) is 15.0. The molecule has 6 nitrogen and oxygen atoms in total. The Balaban J connectivity index is 1.69. The molecule has 3 aromatic rings. The molecule has 1 fully saturated rings. The molecule has 0 radical (unpaired) electrons. The molecule has 0 saturated carbocycles. The summed E-state index contributed by atoms with van der Waals surface area (Å²) < 4.78 is 20.5. The van der Waals surface area contributed by atoms with E-state index in [0.29, 0.717) is 18.0 Å². The number of aromatic nitrogens is 4. The third-order valence-corrected chi connectivity index (χ3v) is 4.13. The molecule has 1 aliphatic rings. The molecule has 1 N–H and O–H groups in total. The minimum Gasteiger partial charge on any atom is -0.376 e. The van der Waals surface area contributed by atoms with Crippen LogP contribution in [-0.2, 0) is 4.74 Å². The number of halogens is 1. The number of rotatable bonds is 4. The number of fused-ring (bicyclic) bond motifs is 1. The summed E-state index contributed by atoms with van der Waals surface area (Å²) in [5, 5.41) is 8.59. The van der Waals surface area contributed by atoms with Crippen molar-refractivity contribution in [2.45, 2.75) is 25.9 Å². The van der Waals surface area contributed by atoms with E-state index in [-0.39, 0.29) is 11.9 Å². The summed E-state index contributed by atoms with van der Waals surface area (Å²) in [6.45, 7) is 3.39. The summed E-state index contributed by atoms with van der Waals surface area (Å²) in [6.07, 6.45) is 4.13. The van der Waals surface area contributed by atoms with Gasteiger partial charge in [0.25, 0.3) is 0 Å². The molecule has 124 valence electrons. The van der Waals surface area contributed by atoms with E-state index in [1.54, 1.807) is 23.0 Å². The van der Waals surface area contributed by atoms with Crippen LogP contribution in [0.2, 0.25) is 0 Å². The minimum atomic E-state index is -0.278. The Morgan fingerprint density at radius 3 is 2.88 bits per heavy atom. The number of ether oxygens (including phenoxy) is 1. The zero-order valence-corrected chi connectivity index (χ0v) is 13.4. The van der Waals surface area contributed by atoms with Crippen LogP contribution >= 0.6 is 0 Å². The minimum absolute atomic E-state index is 0.225. The summed E-state index contributed by atoms with van der Waals surface area (Å²) in [6, 6.07) is 6.18. The normalized spacial score (nSPS) is 17.5. The number of aryl methyl sites for hydroxylation is 1. The SMILES string of the molecule is Cc1nc(NCC2CCCO2)c2cnn(-c3ccc(F)cc3)c2n1. The molecule has 4 rings (SSSR count). The quantitative estimate of drug-likeness (QED) is 0.798. The molecule has 1 atom stereocenters. The smallest absolute Gasteiger partial charge is 0.168 e. The Hall–Kier alpha value is -2.54. The highest BCUT2D eigenvalue weighted by atomic mass is 19.1. The molecule has 0 amide bonds. The average molecular weight is 327 g/mol. The van der Waals surface area contributed by atoms with Gasteiger partial charge < -0.3 is 10.1 Å². The number of hydrogen-bond donors (Lipinski definition) is 1. The van der Waals surface area contributed by atoms with E-state index in [1.807, 2.05) is 6.92 Å². The third-order valence-electron chi connectivity index (χ3n) is 4.13. The topological polar surface area (TPSA) is 64.9 Å². The highest BCUT2D eigenvalue weighted by Gasteiger charge is 2.17. The number of benzene rings is 1. The van der Waals surface area contributed by atoms with Crippen molar-refractivity contribution in [2.75, 3.05) is 18.5 Å². The fourth-order valence-corrected chi connectivity index (χ4v) is 2.94. The van der Waals surface area contributed by atoms with Gasteiger partial charge >= 0.3 is 0 Å². The summed E-state index contributed by atoms with van der Waals surface area (Å²) in [5.41, 5.74) is 1.46. The number of nitrogens with zero attached hydrogens (tertiary/aromatic N) is 4. The molecule has 1 aromatic carbocycles. The maximum absolute atomic E-state index is 13.1. The standard InChI is InChI=1S/C17H18FN5O/c1-11-21-16(19-9-14-3-2-8-24-14)15-10-20-23(17(15)22-11)13-6-4-12(18)5-7-13/h4-7,10,14H,2-3,8-9H2,1H3,(H,19,21,22). The van der Waals surface area contributed by atoms with E-state index in [0.717, 1.165) is 36.3 Å². The van der Waals surface area contributed by atoms with Crippen LogP contribution in [0.4, 0.5) is 10.2 Å². The summed E-state index contributed by atoms with van der Waals surface area (Å²) in [5.74, 6) is 1.13. The lowest BCUT2D eigenvalue weighted by molar-refractivity contribution is 0.120. The van der Waals surface area contributed by atoms with E-state index >= 15 is 0 Å². The van der Waals surface area contributed by atoms with Gasteiger partial charge in [0, 0.05) is 13.2 Å². The molecule has 3 heterocycles. The number of anilines is 1. The van der Waals surface area contributed by atoms with Gasteiger partial charge in [0.2, 0.25) is 0 Å². The first-order valence-electron chi connectivity index (χ1n) is 8.04. The second-order valence-electron chi connectivity index (χ2n) is 5.91. The van der Waals surface area contributed by atoms with Gasteiger partial charge in [0.05, 0.1) is 23.4 Å². The van der Waals surface area contributed by atoms with Gasteiger partial charge in [-0.3, -0.25) is 0 Å². The molecule has 0 bridgehead atoms. The monoisotopic (exact) mass is 327 g/mol.